The van der Waals surface area contributed by atoms with Crippen LogP contribution >= 0.6 is 11.8 Å². The normalized spacial score (nSPS) is 16.1. The van der Waals surface area contributed by atoms with Crippen LogP contribution in [0.15, 0.2) is 70.6 Å². The van der Waals surface area contributed by atoms with Gasteiger partial charge in [-0.1, -0.05) is 36.4 Å². The van der Waals surface area contributed by atoms with Crippen molar-refractivity contribution in [2.45, 2.75) is 27.7 Å². The monoisotopic (exact) mass is 457 g/mol. The first kappa shape index (κ1) is 22.5. The van der Waals surface area contributed by atoms with Crippen LogP contribution in [0.3, 0.4) is 0 Å². The van der Waals surface area contributed by atoms with E-state index in [2.05, 4.69) is 0 Å². The third-order valence-electron chi connectivity index (χ3n) is 5.52. The van der Waals surface area contributed by atoms with Crippen molar-refractivity contribution in [1.29, 1.82) is 0 Å². The summed E-state index contributed by atoms with van der Waals surface area (Å²) in [6.07, 6.45) is 1.75. The lowest BCUT2D eigenvalue weighted by molar-refractivity contribution is -0.384. The Morgan fingerprint density at radius 3 is 1.97 bits per heavy atom. The molecule has 0 bridgehead atoms. The summed E-state index contributed by atoms with van der Waals surface area (Å²) in [4.78, 5) is 31.2. The van der Waals surface area contributed by atoms with Crippen molar-refractivity contribution >= 4 is 46.0 Å². The Morgan fingerprint density at radius 1 is 0.879 bits per heavy atom. The van der Waals surface area contributed by atoms with Gasteiger partial charge in [-0.2, -0.15) is 0 Å². The fourth-order valence-corrected chi connectivity index (χ4v) is 4.80. The number of benzene rings is 3. The summed E-state index contributed by atoms with van der Waals surface area (Å²) in [7, 11) is 0. The minimum Gasteiger partial charge on any atom is -0.268 e. The molecule has 0 atom stereocenters. The topological polar surface area (TPSA) is 75.8 Å². The Bertz CT molecular complexity index is 1290. The van der Waals surface area contributed by atoms with E-state index in [1.807, 2.05) is 64.1 Å². The minimum absolute atomic E-state index is 0.0111. The second-order valence-electron chi connectivity index (χ2n) is 7.98. The summed E-state index contributed by atoms with van der Waals surface area (Å²) in [5.41, 5.74) is 6.43. The molecule has 1 heterocycles. The Balaban J connectivity index is 1.84. The van der Waals surface area contributed by atoms with Gasteiger partial charge in [0.25, 0.3) is 11.6 Å². The molecule has 0 aliphatic carbocycles. The van der Waals surface area contributed by atoms with Gasteiger partial charge in [-0.05, 0) is 85.5 Å². The van der Waals surface area contributed by atoms with Gasteiger partial charge >= 0.3 is 0 Å². The van der Waals surface area contributed by atoms with Crippen LogP contribution in [0.1, 0.15) is 27.8 Å². The molecule has 0 spiro atoms. The smallest absolute Gasteiger partial charge is 0.268 e. The molecule has 0 radical (unpaired) electrons. The molecule has 1 amide bonds. The fraction of sp³-hybridized carbons (Fsp3) is 0.154. The van der Waals surface area contributed by atoms with E-state index in [0.29, 0.717) is 15.6 Å². The van der Waals surface area contributed by atoms with Crippen LogP contribution in [0.2, 0.25) is 0 Å². The van der Waals surface area contributed by atoms with Gasteiger partial charge in [-0.3, -0.25) is 19.8 Å². The van der Waals surface area contributed by atoms with Gasteiger partial charge in [0, 0.05) is 12.1 Å². The number of carbonyl (C=O) groups is 1. The second kappa shape index (κ2) is 9.03. The lowest BCUT2D eigenvalue weighted by Crippen LogP contribution is -2.30. The van der Waals surface area contributed by atoms with E-state index >= 15 is 0 Å². The number of aliphatic imine (C=N–C) groups is 1. The van der Waals surface area contributed by atoms with Crippen molar-refractivity contribution in [1.82, 2.24) is 0 Å². The fourth-order valence-electron chi connectivity index (χ4n) is 3.83. The maximum absolute atomic E-state index is 13.6. The predicted octanol–water partition coefficient (Wildman–Crippen LogP) is 6.64. The van der Waals surface area contributed by atoms with Crippen molar-refractivity contribution in [2.24, 2.45) is 4.99 Å². The molecule has 1 aliphatic heterocycles. The van der Waals surface area contributed by atoms with E-state index < -0.39 is 4.92 Å². The van der Waals surface area contributed by atoms with Crippen LogP contribution in [0, 0.1) is 37.8 Å². The third-order valence-corrected chi connectivity index (χ3v) is 6.49. The molecule has 0 unspecified atom stereocenters. The molecular formula is C26H23N3O3S. The molecule has 0 saturated carbocycles. The van der Waals surface area contributed by atoms with Crippen molar-refractivity contribution in [3.63, 3.8) is 0 Å². The molecule has 1 fully saturated rings. The van der Waals surface area contributed by atoms with Crippen LogP contribution in [-0.4, -0.2) is 16.0 Å². The number of amides is 1. The Morgan fingerprint density at radius 2 is 1.42 bits per heavy atom. The lowest BCUT2D eigenvalue weighted by Gasteiger charge is -2.21. The summed E-state index contributed by atoms with van der Waals surface area (Å²) in [5, 5.41) is 11.5. The maximum Gasteiger partial charge on any atom is 0.271 e. The van der Waals surface area contributed by atoms with Crippen LogP contribution in [-0.2, 0) is 4.79 Å². The van der Waals surface area contributed by atoms with Crippen LogP contribution < -0.4 is 4.90 Å². The Hall–Kier alpha value is -3.71. The summed E-state index contributed by atoms with van der Waals surface area (Å²) in [6.45, 7) is 7.97. The van der Waals surface area contributed by atoms with Crippen LogP contribution in [0.4, 0.5) is 17.1 Å². The molecule has 0 N–H and O–H groups in total. The first-order valence-corrected chi connectivity index (χ1v) is 11.3. The molecular weight excluding hydrogens is 434 g/mol. The number of nitro groups is 1. The van der Waals surface area contributed by atoms with Crippen LogP contribution in [0.5, 0.6) is 0 Å². The predicted molar refractivity (Wildman–Crippen MR) is 135 cm³/mol. The largest absolute Gasteiger partial charge is 0.271 e. The molecule has 3 aromatic carbocycles. The quantitative estimate of drug-likeness (QED) is 0.250. The van der Waals surface area contributed by atoms with Gasteiger partial charge < -0.3 is 0 Å². The number of carbonyl (C=O) groups excluding carboxylic acids is 1. The number of para-hydroxylation sites is 2. The summed E-state index contributed by atoms with van der Waals surface area (Å²) >= 11 is 1.31. The van der Waals surface area contributed by atoms with Crippen molar-refractivity contribution < 1.29 is 9.72 Å². The number of rotatable bonds is 4. The number of amidine groups is 1. The zero-order valence-corrected chi connectivity index (χ0v) is 19.6. The molecule has 4 rings (SSSR count). The molecule has 6 nitrogen and oxygen atoms in total. The summed E-state index contributed by atoms with van der Waals surface area (Å²) in [5.74, 6) is -0.166. The van der Waals surface area contributed by atoms with Gasteiger partial charge in [0.2, 0.25) is 0 Å². The Kier molecular flexibility index (Phi) is 6.16. The van der Waals surface area contributed by atoms with E-state index in [1.165, 1.54) is 23.9 Å². The number of hydrogen-bond acceptors (Lipinski definition) is 5. The van der Waals surface area contributed by atoms with E-state index in [4.69, 9.17) is 4.99 Å². The average molecular weight is 458 g/mol. The highest BCUT2D eigenvalue weighted by Crippen LogP contribution is 2.40. The van der Waals surface area contributed by atoms with Gasteiger partial charge in [-0.15, -0.1) is 0 Å². The first-order valence-electron chi connectivity index (χ1n) is 10.5. The Labute approximate surface area is 196 Å². The van der Waals surface area contributed by atoms with Gasteiger partial charge in [0.1, 0.15) is 0 Å². The van der Waals surface area contributed by atoms with Gasteiger partial charge in [0.05, 0.1) is 21.2 Å². The lowest BCUT2D eigenvalue weighted by atomic mass is 10.1. The standard InChI is InChI=1S/C26H23N3O3S/c1-16-7-5-8-17(2)23(16)27-26-28(24-18(3)9-6-10-19(24)4)25(30)22(33-26)15-20-11-13-21(14-12-20)29(31)32/h5-15H,1-4H3. The zero-order chi connectivity index (χ0) is 23.7. The highest BCUT2D eigenvalue weighted by molar-refractivity contribution is 8.19. The number of anilines is 1. The molecule has 7 heteroatoms. The number of nitrogens with zero attached hydrogens (tertiary/aromatic N) is 3. The van der Waals surface area contributed by atoms with Gasteiger partial charge in [-0.25, -0.2) is 4.99 Å². The third kappa shape index (κ3) is 4.45. The second-order valence-corrected chi connectivity index (χ2v) is 8.98. The molecule has 1 aliphatic rings. The highest BCUT2D eigenvalue weighted by Gasteiger charge is 2.36. The van der Waals surface area contributed by atoms with Crippen molar-refractivity contribution in [3.05, 3.63) is 104 Å². The first-order chi connectivity index (χ1) is 15.8. The number of nitro benzene ring substituents is 1. The van der Waals surface area contributed by atoms with Crippen molar-refractivity contribution in [3.8, 4) is 0 Å². The number of aryl methyl sites for hydroxylation is 4. The van der Waals surface area contributed by atoms with Crippen molar-refractivity contribution in [2.75, 3.05) is 4.90 Å². The summed E-state index contributed by atoms with van der Waals surface area (Å²) in [6, 6.07) is 18.1. The van der Waals surface area contributed by atoms with E-state index in [-0.39, 0.29) is 11.6 Å². The molecule has 33 heavy (non-hydrogen) atoms. The molecule has 166 valence electrons. The number of non-ortho nitro benzene ring substituents is 1. The number of thioether (sulfide) groups is 1. The van der Waals surface area contributed by atoms with Gasteiger partial charge in [0.15, 0.2) is 5.17 Å². The van der Waals surface area contributed by atoms with E-state index in [1.54, 1.807) is 23.1 Å². The van der Waals surface area contributed by atoms with E-state index in [0.717, 1.165) is 33.6 Å². The van der Waals surface area contributed by atoms with Crippen LogP contribution in [0.25, 0.3) is 6.08 Å². The molecule has 0 aromatic heterocycles. The zero-order valence-electron chi connectivity index (χ0n) is 18.8. The SMILES string of the molecule is Cc1cccc(C)c1N=C1SC(=Cc2ccc([N+](=O)[O-])cc2)C(=O)N1c1c(C)cccc1C. The number of hydrogen-bond donors (Lipinski definition) is 0. The summed E-state index contributed by atoms with van der Waals surface area (Å²) < 4.78 is 0. The molecule has 3 aromatic rings. The van der Waals surface area contributed by atoms with E-state index in [9.17, 15) is 14.9 Å². The molecule has 1 saturated heterocycles. The minimum atomic E-state index is -0.440. The maximum atomic E-state index is 13.6. The average Bonchev–Trinajstić information content (AvgIpc) is 3.06. The highest BCUT2D eigenvalue weighted by atomic mass is 32.2.